The standard InChI is InChI=1S/C12H15N5/c1-9-8-17(7-6-13-9)12-14-10-4-2-3-5-11(10)15-16-12/h2-5,9,13H,6-8H2,1H3. The van der Waals surface area contributed by atoms with Gasteiger partial charge in [0.15, 0.2) is 0 Å². The van der Waals surface area contributed by atoms with Gasteiger partial charge in [-0.1, -0.05) is 12.1 Å². The fourth-order valence-corrected chi connectivity index (χ4v) is 2.12. The zero-order valence-corrected chi connectivity index (χ0v) is 9.80. The number of fused-ring (bicyclic) bond motifs is 1. The molecule has 1 aromatic heterocycles. The van der Waals surface area contributed by atoms with Crippen molar-refractivity contribution in [2.45, 2.75) is 13.0 Å². The largest absolute Gasteiger partial charge is 0.337 e. The van der Waals surface area contributed by atoms with E-state index >= 15 is 0 Å². The third-order valence-corrected chi connectivity index (χ3v) is 3.00. The van der Waals surface area contributed by atoms with Gasteiger partial charge in [0.25, 0.3) is 0 Å². The first kappa shape index (κ1) is 10.4. The third kappa shape index (κ3) is 2.06. The molecule has 0 saturated carbocycles. The molecule has 2 heterocycles. The van der Waals surface area contributed by atoms with Crippen LogP contribution in [0, 0.1) is 0 Å². The summed E-state index contributed by atoms with van der Waals surface area (Å²) in [5, 5.41) is 11.8. The van der Waals surface area contributed by atoms with Gasteiger partial charge in [-0.2, -0.15) is 0 Å². The first-order valence-corrected chi connectivity index (χ1v) is 5.91. The molecular formula is C12H15N5. The highest BCUT2D eigenvalue weighted by Gasteiger charge is 2.18. The summed E-state index contributed by atoms with van der Waals surface area (Å²) in [7, 11) is 0. The van der Waals surface area contributed by atoms with E-state index in [0.29, 0.717) is 6.04 Å². The van der Waals surface area contributed by atoms with Crippen LogP contribution in [0.15, 0.2) is 24.3 Å². The second-order valence-electron chi connectivity index (χ2n) is 4.40. The molecule has 1 aliphatic heterocycles. The van der Waals surface area contributed by atoms with Gasteiger partial charge in [0.2, 0.25) is 5.95 Å². The fourth-order valence-electron chi connectivity index (χ4n) is 2.12. The highest BCUT2D eigenvalue weighted by atomic mass is 15.3. The van der Waals surface area contributed by atoms with Crippen LogP contribution in [0.4, 0.5) is 5.95 Å². The van der Waals surface area contributed by atoms with Crippen molar-refractivity contribution in [3.8, 4) is 0 Å². The first-order chi connectivity index (χ1) is 8.33. The Kier molecular flexibility index (Phi) is 2.60. The number of para-hydroxylation sites is 1. The van der Waals surface area contributed by atoms with Gasteiger partial charge in [0.1, 0.15) is 5.52 Å². The Labute approximate surface area is 99.9 Å². The number of rotatable bonds is 1. The Morgan fingerprint density at radius 3 is 2.88 bits per heavy atom. The number of benzene rings is 1. The highest BCUT2D eigenvalue weighted by molar-refractivity contribution is 5.74. The molecule has 88 valence electrons. The molecule has 0 aliphatic carbocycles. The van der Waals surface area contributed by atoms with E-state index in [0.717, 1.165) is 36.6 Å². The molecule has 0 spiro atoms. The minimum atomic E-state index is 0.471. The maximum atomic E-state index is 4.56. The summed E-state index contributed by atoms with van der Waals surface area (Å²) < 4.78 is 0. The fraction of sp³-hybridized carbons (Fsp3) is 0.417. The average molecular weight is 229 g/mol. The molecule has 17 heavy (non-hydrogen) atoms. The Bertz CT molecular complexity index is 527. The van der Waals surface area contributed by atoms with Crippen molar-refractivity contribution in [2.75, 3.05) is 24.5 Å². The smallest absolute Gasteiger partial charge is 0.246 e. The van der Waals surface area contributed by atoms with Crippen molar-refractivity contribution in [1.82, 2.24) is 20.5 Å². The van der Waals surface area contributed by atoms with Gasteiger partial charge < -0.3 is 10.2 Å². The van der Waals surface area contributed by atoms with Crippen molar-refractivity contribution in [2.24, 2.45) is 0 Å². The lowest BCUT2D eigenvalue weighted by Gasteiger charge is -2.31. The lowest BCUT2D eigenvalue weighted by Crippen LogP contribution is -2.49. The van der Waals surface area contributed by atoms with E-state index in [1.54, 1.807) is 0 Å². The number of hydrogen-bond acceptors (Lipinski definition) is 5. The Morgan fingerprint density at radius 2 is 2.06 bits per heavy atom. The van der Waals surface area contributed by atoms with Crippen LogP contribution in [-0.4, -0.2) is 40.9 Å². The molecule has 0 radical (unpaired) electrons. The molecule has 1 atom stereocenters. The van der Waals surface area contributed by atoms with Gasteiger partial charge in [0, 0.05) is 25.7 Å². The van der Waals surface area contributed by atoms with Gasteiger partial charge in [-0.25, -0.2) is 4.98 Å². The van der Waals surface area contributed by atoms with Crippen molar-refractivity contribution >= 4 is 17.0 Å². The predicted molar refractivity (Wildman–Crippen MR) is 67.0 cm³/mol. The van der Waals surface area contributed by atoms with E-state index in [9.17, 15) is 0 Å². The van der Waals surface area contributed by atoms with E-state index in [-0.39, 0.29) is 0 Å². The van der Waals surface area contributed by atoms with E-state index < -0.39 is 0 Å². The molecule has 0 amide bonds. The number of aromatic nitrogens is 3. The SMILES string of the molecule is CC1CN(c2nnc3ccccc3n2)CCN1. The van der Waals surface area contributed by atoms with E-state index in [1.807, 2.05) is 24.3 Å². The summed E-state index contributed by atoms with van der Waals surface area (Å²) in [4.78, 5) is 6.74. The summed E-state index contributed by atoms with van der Waals surface area (Å²) in [6, 6.07) is 8.30. The van der Waals surface area contributed by atoms with Crippen LogP contribution in [0.1, 0.15) is 6.92 Å². The summed E-state index contributed by atoms with van der Waals surface area (Å²) >= 11 is 0. The minimum Gasteiger partial charge on any atom is -0.337 e. The molecule has 0 bridgehead atoms. The van der Waals surface area contributed by atoms with E-state index in [4.69, 9.17) is 0 Å². The van der Waals surface area contributed by atoms with Crippen LogP contribution in [0.3, 0.4) is 0 Å². The maximum absolute atomic E-state index is 4.56. The highest BCUT2D eigenvalue weighted by Crippen LogP contribution is 2.13. The molecule has 5 heteroatoms. The third-order valence-electron chi connectivity index (χ3n) is 3.00. The van der Waals surface area contributed by atoms with Crippen LogP contribution in [0.5, 0.6) is 0 Å². The molecule has 5 nitrogen and oxygen atoms in total. The molecule has 3 rings (SSSR count). The molecule has 1 aliphatic rings. The van der Waals surface area contributed by atoms with Crippen LogP contribution in [0.2, 0.25) is 0 Å². The summed E-state index contributed by atoms with van der Waals surface area (Å²) in [5.41, 5.74) is 1.75. The lowest BCUT2D eigenvalue weighted by molar-refractivity contribution is 0.478. The normalized spacial score (nSPS) is 20.8. The Morgan fingerprint density at radius 1 is 1.24 bits per heavy atom. The van der Waals surface area contributed by atoms with Crippen LogP contribution < -0.4 is 10.2 Å². The maximum Gasteiger partial charge on any atom is 0.246 e. The Balaban J connectivity index is 1.94. The molecule has 1 fully saturated rings. The topological polar surface area (TPSA) is 53.9 Å². The number of nitrogens with zero attached hydrogens (tertiary/aromatic N) is 4. The second-order valence-corrected chi connectivity index (χ2v) is 4.40. The van der Waals surface area contributed by atoms with Gasteiger partial charge in [-0.05, 0) is 19.1 Å². The van der Waals surface area contributed by atoms with Gasteiger partial charge in [-0.3, -0.25) is 0 Å². The summed E-state index contributed by atoms with van der Waals surface area (Å²) in [5.74, 6) is 0.733. The van der Waals surface area contributed by atoms with Gasteiger partial charge >= 0.3 is 0 Å². The number of piperazine rings is 1. The van der Waals surface area contributed by atoms with Crippen LogP contribution in [0.25, 0.3) is 11.0 Å². The van der Waals surface area contributed by atoms with Crippen LogP contribution >= 0.6 is 0 Å². The molecule has 1 aromatic carbocycles. The predicted octanol–water partition coefficient (Wildman–Crippen LogP) is 0.823. The lowest BCUT2D eigenvalue weighted by atomic mass is 10.2. The molecule has 1 saturated heterocycles. The minimum absolute atomic E-state index is 0.471. The number of hydrogen-bond donors (Lipinski definition) is 1. The van der Waals surface area contributed by atoms with Crippen molar-refractivity contribution in [3.63, 3.8) is 0 Å². The van der Waals surface area contributed by atoms with E-state index in [1.165, 1.54) is 0 Å². The molecule has 2 aromatic rings. The number of nitrogens with one attached hydrogen (secondary N) is 1. The Hall–Kier alpha value is -1.75. The first-order valence-electron chi connectivity index (χ1n) is 5.91. The molecule has 1 unspecified atom stereocenters. The van der Waals surface area contributed by atoms with Crippen LogP contribution in [-0.2, 0) is 0 Å². The monoisotopic (exact) mass is 229 g/mol. The quantitative estimate of drug-likeness (QED) is 0.784. The van der Waals surface area contributed by atoms with Gasteiger partial charge in [-0.15, -0.1) is 10.2 Å². The zero-order chi connectivity index (χ0) is 11.7. The molecular weight excluding hydrogens is 214 g/mol. The van der Waals surface area contributed by atoms with Crippen molar-refractivity contribution in [3.05, 3.63) is 24.3 Å². The van der Waals surface area contributed by atoms with Crippen molar-refractivity contribution < 1.29 is 0 Å². The summed E-state index contributed by atoms with van der Waals surface area (Å²) in [6.45, 7) is 5.00. The molecule has 1 N–H and O–H groups in total. The van der Waals surface area contributed by atoms with Crippen molar-refractivity contribution in [1.29, 1.82) is 0 Å². The summed E-state index contributed by atoms with van der Waals surface area (Å²) in [6.07, 6.45) is 0. The van der Waals surface area contributed by atoms with E-state index in [2.05, 4.69) is 32.3 Å². The zero-order valence-electron chi connectivity index (χ0n) is 9.80. The number of anilines is 1. The van der Waals surface area contributed by atoms with Gasteiger partial charge in [0.05, 0.1) is 5.52 Å². The second kappa shape index (κ2) is 4.25. The average Bonchev–Trinajstić information content (AvgIpc) is 2.38.